The second kappa shape index (κ2) is 13.1. The van der Waals surface area contributed by atoms with Crippen LogP contribution in [0.1, 0.15) is 103 Å². The van der Waals surface area contributed by atoms with Crippen LogP contribution in [-0.2, 0) is 11.2 Å². The van der Waals surface area contributed by atoms with Crippen molar-refractivity contribution in [1.82, 2.24) is 0 Å². The number of esters is 1. The van der Waals surface area contributed by atoms with E-state index in [9.17, 15) is 15.0 Å². The molecule has 1 fully saturated rings. The van der Waals surface area contributed by atoms with Gasteiger partial charge in [0.1, 0.15) is 4.88 Å². The van der Waals surface area contributed by atoms with Crippen LogP contribution in [0.2, 0.25) is 0 Å². The SMILES string of the molecule is CCCCCC(O)c1ccc(C2C(O)CC(Cl)C2CCCc2ccc(C(=O)OC(C)C)s2)cc1. The summed E-state index contributed by atoms with van der Waals surface area (Å²) in [6.07, 6.45) is 6.43. The van der Waals surface area contributed by atoms with Crippen molar-refractivity contribution in [3.63, 3.8) is 0 Å². The molecule has 188 valence electrons. The third-order valence-corrected chi connectivity index (χ3v) is 8.39. The van der Waals surface area contributed by atoms with E-state index in [1.807, 2.05) is 38.1 Å². The highest BCUT2D eigenvalue weighted by Crippen LogP contribution is 2.45. The summed E-state index contributed by atoms with van der Waals surface area (Å²) in [6.45, 7) is 5.87. The Bertz CT molecular complexity index is 894. The molecular weight excluding hydrogens is 468 g/mol. The highest BCUT2D eigenvalue weighted by atomic mass is 35.5. The number of aryl methyl sites for hydroxylation is 1. The van der Waals surface area contributed by atoms with Crippen molar-refractivity contribution in [1.29, 1.82) is 0 Å². The number of aliphatic hydroxyl groups is 2. The molecule has 0 radical (unpaired) electrons. The Kier molecular flexibility index (Phi) is 10.4. The number of ether oxygens (including phenoxy) is 1. The number of carbonyl (C=O) groups excluding carboxylic acids is 1. The third-order valence-electron chi connectivity index (χ3n) is 6.76. The molecule has 0 spiro atoms. The highest BCUT2D eigenvalue weighted by Gasteiger charge is 2.41. The molecule has 1 aromatic heterocycles. The molecule has 34 heavy (non-hydrogen) atoms. The molecule has 0 aliphatic heterocycles. The zero-order valence-electron chi connectivity index (χ0n) is 20.6. The fraction of sp³-hybridized carbons (Fsp3) is 0.607. The second-order valence-corrected chi connectivity index (χ2v) is 11.5. The van der Waals surface area contributed by atoms with E-state index in [-0.39, 0.29) is 29.3 Å². The number of carbonyl (C=O) groups is 1. The van der Waals surface area contributed by atoms with Gasteiger partial charge in [-0.15, -0.1) is 22.9 Å². The molecule has 0 saturated heterocycles. The number of alkyl halides is 1. The summed E-state index contributed by atoms with van der Waals surface area (Å²) >= 11 is 8.18. The number of unbranched alkanes of at least 4 members (excludes halogenated alkanes) is 2. The van der Waals surface area contributed by atoms with Gasteiger partial charge in [-0.25, -0.2) is 4.79 Å². The summed E-state index contributed by atoms with van der Waals surface area (Å²) in [5, 5.41) is 21.2. The Morgan fingerprint density at radius 1 is 1.15 bits per heavy atom. The van der Waals surface area contributed by atoms with E-state index >= 15 is 0 Å². The summed E-state index contributed by atoms with van der Waals surface area (Å²) in [7, 11) is 0. The van der Waals surface area contributed by atoms with Gasteiger partial charge in [-0.1, -0.05) is 50.5 Å². The van der Waals surface area contributed by atoms with Gasteiger partial charge in [-0.05, 0) is 75.1 Å². The average molecular weight is 507 g/mol. The van der Waals surface area contributed by atoms with E-state index in [2.05, 4.69) is 19.1 Å². The van der Waals surface area contributed by atoms with E-state index in [0.29, 0.717) is 11.3 Å². The fourth-order valence-corrected chi connectivity index (χ4v) is 6.39. The van der Waals surface area contributed by atoms with Crippen LogP contribution in [0, 0.1) is 5.92 Å². The molecule has 3 rings (SSSR count). The van der Waals surface area contributed by atoms with Gasteiger partial charge in [0.2, 0.25) is 0 Å². The number of rotatable bonds is 12. The average Bonchev–Trinajstić information content (AvgIpc) is 3.38. The first kappa shape index (κ1) is 27.2. The van der Waals surface area contributed by atoms with Crippen LogP contribution in [0.25, 0.3) is 0 Å². The molecule has 0 bridgehead atoms. The van der Waals surface area contributed by atoms with Gasteiger partial charge in [0.05, 0.1) is 18.3 Å². The van der Waals surface area contributed by atoms with Crippen molar-refractivity contribution in [3.05, 3.63) is 57.3 Å². The first-order valence-electron chi connectivity index (χ1n) is 12.7. The molecule has 1 heterocycles. The Balaban J connectivity index is 1.58. The molecule has 5 atom stereocenters. The van der Waals surface area contributed by atoms with Crippen LogP contribution >= 0.6 is 22.9 Å². The predicted octanol–water partition coefficient (Wildman–Crippen LogP) is 7.02. The van der Waals surface area contributed by atoms with Crippen molar-refractivity contribution < 1.29 is 19.7 Å². The Morgan fingerprint density at radius 3 is 2.56 bits per heavy atom. The lowest BCUT2D eigenvalue weighted by Gasteiger charge is -2.24. The molecule has 1 saturated carbocycles. The normalized spacial score (nSPS) is 23.4. The highest BCUT2D eigenvalue weighted by molar-refractivity contribution is 7.13. The van der Waals surface area contributed by atoms with Crippen LogP contribution in [-0.4, -0.2) is 33.8 Å². The van der Waals surface area contributed by atoms with Crippen molar-refractivity contribution in [2.24, 2.45) is 5.92 Å². The molecule has 2 N–H and O–H groups in total. The Labute approximate surface area is 213 Å². The fourth-order valence-electron chi connectivity index (χ4n) is 4.99. The number of thiophene rings is 1. The number of hydrogen-bond donors (Lipinski definition) is 2. The summed E-state index contributed by atoms with van der Waals surface area (Å²) < 4.78 is 5.28. The van der Waals surface area contributed by atoms with Crippen LogP contribution in [0.5, 0.6) is 0 Å². The lowest BCUT2D eigenvalue weighted by molar-refractivity contribution is 0.0383. The Morgan fingerprint density at radius 2 is 1.88 bits per heavy atom. The van der Waals surface area contributed by atoms with Crippen molar-refractivity contribution in [2.75, 3.05) is 0 Å². The maximum atomic E-state index is 12.1. The first-order chi connectivity index (χ1) is 16.3. The van der Waals surface area contributed by atoms with Crippen LogP contribution < -0.4 is 0 Å². The predicted molar refractivity (Wildman–Crippen MR) is 140 cm³/mol. The van der Waals surface area contributed by atoms with E-state index in [1.165, 1.54) is 16.2 Å². The van der Waals surface area contributed by atoms with E-state index < -0.39 is 12.2 Å². The van der Waals surface area contributed by atoms with Gasteiger partial charge in [-0.2, -0.15) is 0 Å². The molecule has 6 heteroatoms. The maximum Gasteiger partial charge on any atom is 0.348 e. The molecule has 2 aromatic rings. The summed E-state index contributed by atoms with van der Waals surface area (Å²) in [5.74, 6) is -0.0546. The van der Waals surface area contributed by atoms with Crippen molar-refractivity contribution in [2.45, 2.75) is 102 Å². The minimum atomic E-state index is -0.452. The zero-order chi connectivity index (χ0) is 24.7. The second-order valence-electron chi connectivity index (χ2n) is 9.80. The summed E-state index contributed by atoms with van der Waals surface area (Å²) in [4.78, 5) is 13.9. The smallest absolute Gasteiger partial charge is 0.348 e. The van der Waals surface area contributed by atoms with E-state index in [1.54, 1.807) is 0 Å². The monoisotopic (exact) mass is 506 g/mol. The van der Waals surface area contributed by atoms with Gasteiger partial charge in [-0.3, -0.25) is 0 Å². The Hall–Kier alpha value is -1.40. The minimum absolute atomic E-state index is 0.00806. The van der Waals surface area contributed by atoms with Crippen LogP contribution in [0.3, 0.4) is 0 Å². The molecule has 5 unspecified atom stereocenters. The molecule has 4 nitrogen and oxygen atoms in total. The minimum Gasteiger partial charge on any atom is -0.459 e. The van der Waals surface area contributed by atoms with E-state index in [0.717, 1.165) is 56.1 Å². The summed E-state index contributed by atoms with van der Waals surface area (Å²) in [5.41, 5.74) is 2.04. The molecule has 1 aliphatic rings. The van der Waals surface area contributed by atoms with Gasteiger partial charge in [0.25, 0.3) is 0 Å². The van der Waals surface area contributed by atoms with Crippen molar-refractivity contribution >= 4 is 28.9 Å². The van der Waals surface area contributed by atoms with Crippen molar-refractivity contribution in [3.8, 4) is 0 Å². The van der Waals surface area contributed by atoms with Gasteiger partial charge >= 0.3 is 5.97 Å². The van der Waals surface area contributed by atoms with Crippen LogP contribution in [0.15, 0.2) is 36.4 Å². The van der Waals surface area contributed by atoms with Gasteiger partial charge in [0, 0.05) is 16.2 Å². The van der Waals surface area contributed by atoms with E-state index in [4.69, 9.17) is 16.3 Å². The quantitative estimate of drug-likeness (QED) is 0.184. The molecule has 0 amide bonds. The number of halogens is 1. The zero-order valence-corrected chi connectivity index (χ0v) is 22.2. The largest absolute Gasteiger partial charge is 0.459 e. The maximum absolute atomic E-state index is 12.1. The molecule has 1 aliphatic carbocycles. The number of benzene rings is 1. The van der Waals surface area contributed by atoms with Gasteiger partial charge in [0.15, 0.2) is 0 Å². The molecular formula is C28H39ClO4S. The standard InChI is InChI=1S/C28H39ClO4S/c1-4-5-6-10-24(30)19-11-13-20(14-12-19)27-22(23(29)17-25(27)31)9-7-8-21-15-16-26(34-21)28(32)33-18(2)3/h11-16,18,22-25,27,30-31H,4-10,17H2,1-3H3. The lowest BCUT2D eigenvalue weighted by Crippen LogP contribution is -2.19. The van der Waals surface area contributed by atoms with Gasteiger partial charge < -0.3 is 14.9 Å². The topological polar surface area (TPSA) is 66.8 Å². The lowest BCUT2D eigenvalue weighted by atomic mass is 9.84. The number of aliphatic hydroxyl groups excluding tert-OH is 2. The molecule has 1 aromatic carbocycles. The number of hydrogen-bond acceptors (Lipinski definition) is 5. The first-order valence-corrected chi connectivity index (χ1v) is 13.9. The van der Waals surface area contributed by atoms with Crippen LogP contribution in [0.4, 0.5) is 0 Å². The summed E-state index contributed by atoms with van der Waals surface area (Å²) in [6, 6.07) is 12.0. The third kappa shape index (κ3) is 7.30.